The number of ether oxygens (including phenoxy) is 2. The lowest BCUT2D eigenvalue weighted by molar-refractivity contribution is -0.384. The van der Waals surface area contributed by atoms with Crippen LogP contribution in [-0.4, -0.2) is 65.9 Å². The smallest absolute Gasteiger partial charge is 0.329 e. The summed E-state index contributed by atoms with van der Waals surface area (Å²) < 4.78 is 10.3. The van der Waals surface area contributed by atoms with Crippen molar-refractivity contribution in [2.75, 3.05) is 37.8 Å². The van der Waals surface area contributed by atoms with Crippen LogP contribution in [0, 0.1) is 10.1 Å². The molecule has 0 unspecified atom stereocenters. The summed E-state index contributed by atoms with van der Waals surface area (Å²) in [7, 11) is 0. The molecule has 2 aliphatic heterocycles. The molecular formula is C19H21N3O7S. The van der Waals surface area contributed by atoms with Gasteiger partial charge in [-0.1, -0.05) is 0 Å². The third-order valence-electron chi connectivity index (χ3n) is 4.70. The van der Waals surface area contributed by atoms with E-state index in [4.69, 9.17) is 9.47 Å². The number of nitrogens with zero attached hydrogens (tertiary/aromatic N) is 3. The van der Waals surface area contributed by atoms with Gasteiger partial charge >= 0.3 is 5.97 Å². The molecule has 1 aromatic carbocycles. The molecule has 0 saturated carbocycles. The van der Waals surface area contributed by atoms with Crippen molar-refractivity contribution in [3.05, 3.63) is 38.8 Å². The van der Waals surface area contributed by atoms with Crippen LogP contribution in [0.15, 0.2) is 23.1 Å². The van der Waals surface area contributed by atoms with Crippen LogP contribution >= 0.6 is 11.8 Å². The first-order valence-corrected chi connectivity index (χ1v) is 10.2. The van der Waals surface area contributed by atoms with Crippen LogP contribution in [0.25, 0.3) is 6.08 Å². The predicted molar refractivity (Wildman–Crippen MR) is 110 cm³/mol. The Balaban J connectivity index is 1.95. The molecule has 2 aliphatic rings. The number of rotatable bonds is 6. The average Bonchev–Trinajstić information content (AvgIpc) is 3.01. The first-order valence-electron chi connectivity index (χ1n) is 9.38. The minimum absolute atomic E-state index is 0.0890. The lowest BCUT2D eigenvalue weighted by atomic mass is 10.1. The summed E-state index contributed by atoms with van der Waals surface area (Å²) in [5.41, 5.74) is 1.02. The molecule has 0 bridgehead atoms. The summed E-state index contributed by atoms with van der Waals surface area (Å²) in [6.07, 6.45) is 1.46. The Morgan fingerprint density at radius 2 is 2.07 bits per heavy atom. The number of carbonyl (C=O) groups excluding carboxylic acids is 3. The number of carbonyl (C=O) groups is 3. The zero-order chi connectivity index (χ0) is 21.8. The zero-order valence-corrected chi connectivity index (χ0v) is 17.3. The molecule has 0 N–H and O–H groups in total. The average molecular weight is 435 g/mol. The first-order chi connectivity index (χ1) is 14.3. The Kier molecular flexibility index (Phi) is 6.73. The number of anilines is 1. The monoisotopic (exact) mass is 435 g/mol. The number of nitro benzene ring substituents is 1. The van der Waals surface area contributed by atoms with Crippen molar-refractivity contribution in [3.8, 4) is 0 Å². The number of nitro groups is 1. The minimum atomic E-state index is -1.06. The lowest BCUT2D eigenvalue weighted by Crippen LogP contribution is -2.42. The summed E-state index contributed by atoms with van der Waals surface area (Å²) >= 11 is 0.688. The molecule has 2 amide bonds. The van der Waals surface area contributed by atoms with Gasteiger partial charge in [-0.3, -0.25) is 24.6 Å². The number of amides is 2. The van der Waals surface area contributed by atoms with Crippen LogP contribution in [0.5, 0.6) is 0 Å². The van der Waals surface area contributed by atoms with Crippen LogP contribution < -0.4 is 4.90 Å². The summed E-state index contributed by atoms with van der Waals surface area (Å²) in [5, 5.41) is 10.6. The molecule has 1 atom stereocenters. The third-order valence-corrected chi connectivity index (χ3v) is 5.58. The number of hydrogen-bond acceptors (Lipinski definition) is 9. The number of morpholine rings is 1. The number of imide groups is 1. The summed E-state index contributed by atoms with van der Waals surface area (Å²) in [4.78, 5) is 50.8. The number of hydrogen-bond donors (Lipinski definition) is 0. The van der Waals surface area contributed by atoms with E-state index in [9.17, 15) is 24.5 Å². The van der Waals surface area contributed by atoms with Gasteiger partial charge in [0.1, 0.15) is 6.04 Å². The van der Waals surface area contributed by atoms with Gasteiger partial charge in [-0.05, 0) is 37.8 Å². The molecule has 0 spiro atoms. The van der Waals surface area contributed by atoms with E-state index in [0.29, 0.717) is 49.3 Å². The quantitative estimate of drug-likeness (QED) is 0.287. The summed E-state index contributed by atoms with van der Waals surface area (Å²) in [5.74, 6) is -1.31. The van der Waals surface area contributed by atoms with Gasteiger partial charge in [-0.2, -0.15) is 0 Å². The van der Waals surface area contributed by atoms with Crippen LogP contribution in [0.1, 0.15) is 19.4 Å². The zero-order valence-electron chi connectivity index (χ0n) is 16.5. The Morgan fingerprint density at radius 3 is 2.70 bits per heavy atom. The summed E-state index contributed by atoms with van der Waals surface area (Å²) in [6, 6.07) is 3.33. The Morgan fingerprint density at radius 1 is 1.37 bits per heavy atom. The van der Waals surface area contributed by atoms with Crippen molar-refractivity contribution in [1.29, 1.82) is 0 Å². The third kappa shape index (κ3) is 4.46. The van der Waals surface area contributed by atoms with Crippen LogP contribution in [0.2, 0.25) is 0 Å². The highest BCUT2D eigenvalue weighted by Gasteiger charge is 2.41. The van der Waals surface area contributed by atoms with Gasteiger partial charge in [0.15, 0.2) is 0 Å². The molecule has 0 aromatic heterocycles. The van der Waals surface area contributed by atoms with E-state index >= 15 is 0 Å². The van der Waals surface area contributed by atoms with Crippen molar-refractivity contribution >= 4 is 46.3 Å². The topological polar surface area (TPSA) is 119 Å². The van der Waals surface area contributed by atoms with Gasteiger partial charge in [0.05, 0.1) is 29.6 Å². The summed E-state index contributed by atoms with van der Waals surface area (Å²) in [6.45, 7) is 5.41. The molecule has 1 aromatic rings. The van der Waals surface area contributed by atoms with Gasteiger partial charge in [-0.25, -0.2) is 4.79 Å². The molecule has 11 heteroatoms. The number of thioether (sulfide) groups is 1. The molecule has 2 heterocycles. The fraction of sp³-hybridized carbons (Fsp3) is 0.421. The first kappa shape index (κ1) is 21.8. The highest BCUT2D eigenvalue weighted by Crippen LogP contribution is 2.36. The van der Waals surface area contributed by atoms with Crippen molar-refractivity contribution in [2.24, 2.45) is 0 Å². The molecule has 2 saturated heterocycles. The Hall–Kier alpha value is -2.92. The van der Waals surface area contributed by atoms with Crippen molar-refractivity contribution < 1.29 is 28.8 Å². The standard InChI is InChI=1S/C19H21N3O7S/c1-3-29-18(24)12(2)21-17(23)16(30-19(21)25)11-13-10-14(22(26)27)4-5-15(13)20-6-8-28-9-7-20/h4-5,10-12H,3,6-9H2,1-2H3/b16-11-/t12-/m1/s1. The SMILES string of the molecule is CCOC(=O)[C@@H](C)N1C(=O)S/C(=C\c2cc([N+](=O)[O-])ccc2N2CCOCC2)C1=O. The van der Waals surface area contributed by atoms with Crippen LogP contribution in [0.3, 0.4) is 0 Å². The second-order valence-corrected chi connectivity index (χ2v) is 7.57. The van der Waals surface area contributed by atoms with Gasteiger partial charge < -0.3 is 14.4 Å². The van der Waals surface area contributed by atoms with Crippen molar-refractivity contribution in [2.45, 2.75) is 19.9 Å². The van der Waals surface area contributed by atoms with Gasteiger partial charge in [-0.15, -0.1) is 0 Å². The van der Waals surface area contributed by atoms with E-state index in [2.05, 4.69) is 0 Å². The van der Waals surface area contributed by atoms with E-state index in [0.717, 1.165) is 4.90 Å². The number of benzene rings is 1. The Bertz CT molecular complexity index is 911. The fourth-order valence-corrected chi connectivity index (χ4v) is 4.09. The maximum absolute atomic E-state index is 12.8. The minimum Gasteiger partial charge on any atom is -0.464 e. The van der Waals surface area contributed by atoms with Crippen LogP contribution in [-0.2, 0) is 19.1 Å². The molecule has 2 fully saturated rings. The van der Waals surface area contributed by atoms with Gasteiger partial charge in [0.2, 0.25) is 0 Å². The molecule has 10 nitrogen and oxygen atoms in total. The molecule has 0 radical (unpaired) electrons. The fourth-order valence-electron chi connectivity index (χ4n) is 3.19. The predicted octanol–water partition coefficient (Wildman–Crippen LogP) is 2.42. The normalized spacial score (nSPS) is 19.3. The van der Waals surface area contributed by atoms with Crippen molar-refractivity contribution in [1.82, 2.24) is 4.90 Å². The highest BCUT2D eigenvalue weighted by atomic mass is 32.2. The molecule has 160 valence electrons. The second-order valence-electron chi connectivity index (χ2n) is 6.58. The highest BCUT2D eigenvalue weighted by molar-refractivity contribution is 8.18. The lowest BCUT2D eigenvalue weighted by Gasteiger charge is -2.30. The van der Waals surface area contributed by atoms with E-state index in [1.165, 1.54) is 25.1 Å². The largest absolute Gasteiger partial charge is 0.464 e. The van der Waals surface area contributed by atoms with Gasteiger partial charge in [0.25, 0.3) is 16.8 Å². The molecule has 3 rings (SSSR count). The van der Waals surface area contributed by atoms with E-state index in [-0.39, 0.29) is 17.2 Å². The van der Waals surface area contributed by atoms with Gasteiger partial charge in [0, 0.05) is 36.5 Å². The van der Waals surface area contributed by atoms with Crippen LogP contribution in [0.4, 0.5) is 16.2 Å². The van der Waals surface area contributed by atoms with E-state index in [1.54, 1.807) is 13.0 Å². The molecule has 30 heavy (non-hydrogen) atoms. The van der Waals surface area contributed by atoms with E-state index < -0.39 is 28.1 Å². The maximum Gasteiger partial charge on any atom is 0.329 e. The number of esters is 1. The van der Waals surface area contributed by atoms with E-state index in [1.807, 2.05) is 4.90 Å². The Labute approximate surface area is 176 Å². The molecule has 0 aliphatic carbocycles. The van der Waals surface area contributed by atoms with Crippen molar-refractivity contribution in [3.63, 3.8) is 0 Å². The number of non-ortho nitro benzene ring substituents is 1. The molecular weight excluding hydrogens is 414 g/mol. The maximum atomic E-state index is 12.8. The second kappa shape index (κ2) is 9.26.